The second kappa shape index (κ2) is 18.7. The van der Waals surface area contributed by atoms with Crippen molar-refractivity contribution in [1.29, 1.82) is 0 Å². The highest BCUT2D eigenvalue weighted by atomic mass is 35.5. The van der Waals surface area contributed by atoms with Gasteiger partial charge in [0.2, 0.25) is 17.7 Å². The minimum absolute atomic E-state index is 0.00263. The zero-order valence-corrected chi connectivity index (χ0v) is 39.8. The fourth-order valence-corrected chi connectivity index (χ4v) is 12.0. The number of imide groups is 1. The minimum Gasteiger partial charge on any atom is -0.494 e. The number of nitrogens with one attached hydrogen (secondary N) is 2. The summed E-state index contributed by atoms with van der Waals surface area (Å²) in [7, 11) is 3.18. The smallest absolute Gasteiger partial charge is 0.329 e. The predicted molar refractivity (Wildman–Crippen MR) is 258 cm³/mol. The van der Waals surface area contributed by atoms with Gasteiger partial charge in [0.15, 0.2) is 23.0 Å². The molecule has 5 aromatic rings. The van der Waals surface area contributed by atoms with Gasteiger partial charge in [-0.05, 0) is 99.3 Å². The Morgan fingerprint density at radius 3 is 2.42 bits per heavy atom. The summed E-state index contributed by atoms with van der Waals surface area (Å²) in [5.41, 5.74) is 7.75. The number of halogens is 3. The van der Waals surface area contributed by atoms with Crippen molar-refractivity contribution in [2.75, 3.05) is 51.3 Å². The molecular formula is C52H57ClF2N8O6. The molecule has 5 heterocycles. The number of fused-ring (bicyclic) bond motifs is 2. The molecule has 3 atom stereocenters. The highest BCUT2D eigenvalue weighted by Gasteiger charge is 2.50. The molecule has 4 N–H and O–H groups in total. The standard InChI is InChI=1S/C52H57ClF2N8O6/c1-29-43-41(26-38(54)46(53)45(43)44-37(48(56)65)15-16-40(68-3)47(44)55)69-52(29,33-7-5-4-6-8-33)28-57-34-12-9-31(10-13-34)50(66)62-23-19-35(27-62)61-21-17-30(18-22-61)32-11-14-36-39(25-32)60(2)59-49(36)63-24-20-42(64)58-51(63)67/h4-8,11,14-16,25-26,29-31,34-35,57H,9-10,12-13,17-24,27-28H2,1-3H3,(H2,56,65)(H,58,64,67). The number of aryl methyl sites for hydroxylation is 1. The predicted octanol–water partition coefficient (Wildman–Crippen LogP) is 7.75. The first kappa shape index (κ1) is 46.6. The van der Waals surface area contributed by atoms with Gasteiger partial charge in [0.05, 0.1) is 23.2 Å². The van der Waals surface area contributed by atoms with Crippen molar-refractivity contribution in [3.05, 3.63) is 106 Å². The quantitative estimate of drug-likeness (QED) is 0.120. The molecule has 3 saturated heterocycles. The van der Waals surface area contributed by atoms with Gasteiger partial charge in [-0.15, -0.1) is 0 Å². The van der Waals surface area contributed by atoms with Crippen molar-refractivity contribution in [1.82, 2.24) is 30.2 Å². The van der Waals surface area contributed by atoms with Gasteiger partial charge in [0.1, 0.15) is 11.6 Å². The highest BCUT2D eigenvalue weighted by Crippen LogP contribution is 2.56. The molecule has 4 aliphatic heterocycles. The van der Waals surface area contributed by atoms with E-state index in [0.29, 0.717) is 36.4 Å². The number of carbonyl (C=O) groups excluding carboxylic acids is 4. The average Bonchev–Trinajstić information content (AvgIpc) is 4.06. The number of hydrogen-bond donors (Lipinski definition) is 3. The number of rotatable bonds is 11. The molecule has 3 unspecified atom stereocenters. The second-order valence-electron chi connectivity index (χ2n) is 19.4. The van der Waals surface area contributed by atoms with Crippen molar-refractivity contribution in [3.63, 3.8) is 0 Å². The molecule has 0 spiro atoms. The van der Waals surface area contributed by atoms with E-state index in [2.05, 4.69) is 37.7 Å². The first-order chi connectivity index (χ1) is 33.3. The summed E-state index contributed by atoms with van der Waals surface area (Å²) in [5.74, 6) is -2.23. The number of nitrogens with two attached hydrogens (primary N) is 1. The maximum absolute atomic E-state index is 16.2. The molecule has 1 aliphatic carbocycles. The number of primary amides is 1. The van der Waals surface area contributed by atoms with Crippen molar-refractivity contribution in [3.8, 4) is 22.6 Å². The van der Waals surface area contributed by atoms with E-state index in [0.717, 1.165) is 87.6 Å². The number of carbonyl (C=O) groups is 4. The van der Waals surface area contributed by atoms with Crippen LogP contribution < -0.4 is 30.7 Å². The fraction of sp³-hybridized carbons (Fsp3) is 0.442. The number of anilines is 1. The Morgan fingerprint density at radius 1 is 0.957 bits per heavy atom. The van der Waals surface area contributed by atoms with Gasteiger partial charge in [-0.1, -0.05) is 54.9 Å². The molecule has 5 aliphatic rings. The van der Waals surface area contributed by atoms with Crippen LogP contribution in [-0.2, 0) is 22.2 Å². The summed E-state index contributed by atoms with van der Waals surface area (Å²) in [6.07, 6.45) is 6.30. The molecule has 5 amide bonds. The third-order valence-corrected chi connectivity index (χ3v) is 16.0. The lowest BCUT2D eigenvalue weighted by atomic mass is 9.77. The molecule has 69 heavy (non-hydrogen) atoms. The van der Waals surface area contributed by atoms with Crippen molar-refractivity contribution in [2.24, 2.45) is 18.7 Å². The number of likely N-dealkylation sites (tertiary alicyclic amines) is 2. The van der Waals surface area contributed by atoms with Gasteiger partial charge < -0.3 is 25.4 Å². The first-order valence-electron chi connectivity index (χ1n) is 24.0. The number of piperidine rings is 1. The molecule has 0 bridgehead atoms. The van der Waals surface area contributed by atoms with Crippen LogP contribution in [0.25, 0.3) is 22.0 Å². The summed E-state index contributed by atoms with van der Waals surface area (Å²) < 4.78 is 45.9. The van der Waals surface area contributed by atoms with Crippen LogP contribution in [0.2, 0.25) is 5.02 Å². The largest absolute Gasteiger partial charge is 0.494 e. The number of amides is 5. The van der Waals surface area contributed by atoms with Crippen molar-refractivity contribution < 1.29 is 37.4 Å². The van der Waals surface area contributed by atoms with Crippen LogP contribution in [0, 0.1) is 17.6 Å². The van der Waals surface area contributed by atoms with Gasteiger partial charge in [0.25, 0.3) is 0 Å². The Morgan fingerprint density at radius 2 is 1.71 bits per heavy atom. The number of ether oxygens (including phenoxy) is 2. The molecule has 10 rings (SSSR count). The van der Waals surface area contributed by atoms with E-state index in [9.17, 15) is 19.2 Å². The maximum atomic E-state index is 16.2. The van der Waals surface area contributed by atoms with E-state index in [-0.39, 0.29) is 63.4 Å². The van der Waals surface area contributed by atoms with E-state index in [1.165, 1.54) is 35.8 Å². The Labute approximate surface area is 404 Å². The summed E-state index contributed by atoms with van der Waals surface area (Å²) >= 11 is 6.71. The molecule has 14 nitrogen and oxygen atoms in total. The molecule has 1 aromatic heterocycles. The number of urea groups is 1. The lowest BCUT2D eigenvalue weighted by molar-refractivity contribution is -0.135. The second-order valence-corrected chi connectivity index (χ2v) is 19.7. The van der Waals surface area contributed by atoms with Gasteiger partial charge in [-0.25, -0.2) is 13.6 Å². The van der Waals surface area contributed by atoms with E-state index in [1.54, 1.807) is 0 Å². The van der Waals surface area contributed by atoms with Crippen molar-refractivity contribution in [2.45, 2.75) is 87.8 Å². The SMILES string of the molecule is COc1ccc(C(N)=O)c(-c2c(Cl)c(F)cc3c2C(C)C(CNC2CCC(C(=O)N4CCC(N5CCC(c6ccc7c(N8CCC(=O)NC8=O)nn(C)c7c6)CC5)C4)CC2)(c2ccccc2)O3)c1F. The summed E-state index contributed by atoms with van der Waals surface area (Å²) in [6.45, 7) is 5.97. The normalized spacial score (nSPS) is 24.4. The van der Waals surface area contributed by atoms with Crippen LogP contribution >= 0.6 is 11.6 Å². The van der Waals surface area contributed by atoms with Crippen LogP contribution in [-0.4, -0.2) is 102 Å². The Balaban J connectivity index is 0.763. The van der Waals surface area contributed by atoms with Gasteiger partial charge in [-0.2, -0.15) is 5.10 Å². The van der Waals surface area contributed by atoms with Crippen LogP contribution in [0.1, 0.15) is 97.2 Å². The Bertz CT molecular complexity index is 2850. The third-order valence-electron chi connectivity index (χ3n) is 15.6. The molecular weight excluding hydrogens is 906 g/mol. The van der Waals surface area contributed by atoms with Gasteiger partial charge in [-0.3, -0.25) is 34.2 Å². The van der Waals surface area contributed by atoms with Crippen LogP contribution in [0.4, 0.5) is 19.4 Å². The Hall–Kier alpha value is -6.10. The number of hydrogen-bond acceptors (Lipinski definition) is 9. The fourth-order valence-electron chi connectivity index (χ4n) is 11.8. The van der Waals surface area contributed by atoms with E-state index < -0.39 is 35.1 Å². The first-order valence-corrected chi connectivity index (χ1v) is 24.4. The average molecular weight is 964 g/mol. The van der Waals surface area contributed by atoms with Crippen LogP contribution in [0.3, 0.4) is 0 Å². The number of benzene rings is 4. The molecule has 17 heteroatoms. The molecule has 4 fully saturated rings. The number of nitrogens with zero attached hydrogens (tertiary/aromatic N) is 5. The van der Waals surface area contributed by atoms with E-state index in [4.69, 9.17) is 26.8 Å². The number of aromatic nitrogens is 2. The molecule has 362 valence electrons. The maximum Gasteiger partial charge on any atom is 0.329 e. The summed E-state index contributed by atoms with van der Waals surface area (Å²) in [6, 6.07) is 19.9. The Kier molecular flexibility index (Phi) is 12.6. The van der Waals surface area contributed by atoms with E-state index >= 15 is 8.78 Å². The monoisotopic (exact) mass is 962 g/mol. The van der Waals surface area contributed by atoms with E-state index in [1.807, 2.05) is 55.1 Å². The minimum atomic E-state index is -1.07. The number of methoxy groups -OCH3 is 1. The van der Waals surface area contributed by atoms with Crippen LogP contribution in [0.5, 0.6) is 11.5 Å². The topological polar surface area (TPSA) is 164 Å². The molecule has 1 saturated carbocycles. The van der Waals surface area contributed by atoms with Crippen molar-refractivity contribution >= 4 is 52.1 Å². The van der Waals surface area contributed by atoms with Crippen LogP contribution in [0.15, 0.2) is 66.7 Å². The zero-order chi connectivity index (χ0) is 48.3. The lowest BCUT2D eigenvalue weighted by Gasteiger charge is -2.38. The highest BCUT2D eigenvalue weighted by molar-refractivity contribution is 6.34. The van der Waals surface area contributed by atoms with Gasteiger partial charge in [0, 0.05) is 91.7 Å². The summed E-state index contributed by atoms with van der Waals surface area (Å²) in [5, 5.41) is 11.3. The lowest BCUT2D eigenvalue weighted by Crippen LogP contribution is -2.49. The zero-order valence-electron chi connectivity index (χ0n) is 39.0. The molecule has 0 radical (unpaired) electrons. The summed E-state index contributed by atoms with van der Waals surface area (Å²) in [4.78, 5) is 57.2. The third kappa shape index (κ3) is 8.37. The van der Waals surface area contributed by atoms with Gasteiger partial charge >= 0.3 is 6.03 Å². The molecule has 4 aromatic carbocycles.